The van der Waals surface area contributed by atoms with Crippen LogP contribution in [0.5, 0.6) is 0 Å². The fourth-order valence-corrected chi connectivity index (χ4v) is 4.93. The average Bonchev–Trinajstić information content (AvgIpc) is 3.45. The average molecular weight is 459 g/mol. The van der Waals surface area contributed by atoms with Crippen LogP contribution in [-0.2, 0) is 4.79 Å². The highest BCUT2D eigenvalue weighted by Gasteiger charge is 2.59. The van der Waals surface area contributed by atoms with Crippen molar-refractivity contribution in [2.24, 2.45) is 11.3 Å². The van der Waals surface area contributed by atoms with E-state index in [4.69, 9.17) is 0 Å². The molecule has 32 heavy (non-hydrogen) atoms. The van der Waals surface area contributed by atoms with Crippen LogP contribution in [0.3, 0.4) is 0 Å². The highest BCUT2D eigenvalue weighted by atomic mass is 32.1. The first-order valence-electron chi connectivity index (χ1n) is 10.00. The van der Waals surface area contributed by atoms with Crippen molar-refractivity contribution >= 4 is 34.2 Å². The molecule has 3 aromatic heterocycles. The summed E-state index contributed by atoms with van der Waals surface area (Å²) < 4.78 is 14.9. The molecule has 1 saturated carbocycles. The van der Waals surface area contributed by atoms with Gasteiger partial charge < -0.3 is 25.4 Å². The number of amides is 1. The number of imidazole rings is 1. The quantitative estimate of drug-likeness (QED) is 0.434. The molecule has 0 aromatic carbocycles. The monoisotopic (exact) mass is 458 g/mol. The number of halogens is 1. The molecule has 1 amide bonds. The molecule has 0 aliphatic heterocycles. The molecule has 4 N–H and O–H groups in total. The van der Waals surface area contributed by atoms with E-state index in [0.717, 1.165) is 11.3 Å². The lowest BCUT2D eigenvalue weighted by atomic mass is 9.77. The number of aliphatic hydroxyl groups excluding tert-OH is 2. The predicted octanol–water partition coefficient (Wildman–Crippen LogP) is 1.13. The van der Waals surface area contributed by atoms with E-state index >= 15 is 0 Å². The van der Waals surface area contributed by atoms with E-state index in [1.807, 2.05) is 0 Å². The van der Waals surface area contributed by atoms with Crippen LogP contribution in [0.15, 0.2) is 18.5 Å². The summed E-state index contributed by atoms with van der Waals surface area (Å²) in [5.41, 5.74) is -0.349. The Labute approximate surface area is 187 Å². The second-order valence-corrected chi connectivity index (χ2v) is 8.93. The Morgan fingerprint density at radius 3 is 2.66 bits per heavy atom. The topological polar surface area (TPSA) is 125 Å². The number of carbonyl (C=O) groups excluding carboxylic acids is 1. The van der Waals surface area contributed by atoms with Crippen molar-refractivity contribution in [1.82, 2.24) is 24.8 Å². The molecule has 0 saturated heterocycles. The van der Waals surface area contributed by atoms with Crippen molar-refractivity contribution in [3.8, 4) is 11.8 Å². The Hall–Kier alpha value is -3.07. The van der Waals surface area contributed by atoms with Gasteiger partial charge in [-0.05, 0) is 36.8 Å². The first kappa shape index (κ1) is 22.1. The van der Waals surface area contributed by atoms with Crippen LogP contribution in [0.25, 0.3) is 11.2 Å². The van der Waals surface area contributed by atoms with Gasteiger partial charge in [-0.3, -0.25) is 4.79 Å². The number of aliphatic hydroxyl groups is 2. The fourth-order valence-electron chi connectivity index (χ4n) is 4.34. The van der Waals surface area contributed by atoms with Gasteiger partial charge in [0.2, 0.25) is 11.7 Å². The van der Waals surface area contributed by atoms with Crippen LogP contribution in [0.1, 0.15) is 30.6 Å². The van der Waals surface area contributed by atoms with Crippen molar-refractivity contribution in [1.29, 1.82) is 0 Å². The van der Waals surface area contributed by atoms with E-state index in [0.29, 0.717) is 21.9 Å². The van der Waals surface area contributed by atoms with Gasteiger partial charge in [-0.15, -0.1) is 0 Å². The summed E-state index contributed by atoms with van der Waals surface area (Å²) >= 11 is 0.923. The first-order chi connectivity index (χ1) is 15.2. The van der Waals surface area contributed by atoms with Gasteiger partial charge in [0, 0.05) is 14.1 Å². The molecule has 0 bridgehead atoms. The van der Waals surface area contributed by atoms with Crippen LogP contribution in [0.4, 0.5) is 10.2 Å². The van der Waals surface area contributed by atoms with Crippen LogP contribution in [0, 0.1) is 28.3 Å². The van der Waals surface area contributed by atoms with Gasteiger partial charge in [-0.2, -0.15) is 4.39 Å². The molecule has 11 heteroatoms. The zero-order valence-corrected chi connectivity index (χ0v) is 18.7. The van der Waals surface area contributed by atoms with E-state index < -0.39 is 29.6 Å². The second-order valence-electron chi connectivity index (χ2n) is 7.90. The van der Waals surface area contributed by atoms with E-state index in [1.165, 1.54) is 19.4 Å². The molecule has 9 nitrogen and oxygen atoms in total. The number of nitrogens with zero attached hydrogens (tertiary/aromatic N) is 4. The third-order valence-electron chi connectivity index (χ3n) is 6.31. The number of anilines is 1. The zero-order chi connectivity index (χ0) is 23.2. The molecule has 1 aliphatic carbocycles. The lowest BCUT2D eigenvalue weighted by molar-refractivity contribution is -0.139. The van der Waals surface area contributed by atoms with E-state index in [9.17, 15) is 19.4 Å². The number of rotatable bonds is 3. The number of hydrogen-bond acceptors (Lipinski definition) is 8. The van der Waals surface area contributed by atoms with Crippen molar-refractivity contribution in [3.05, 3.63) is 34.3 Å². The summed E-state index contributed by atoms with van der Waals surface area (Å²) in [7, 11) is 3.18. The Morgan fingerprint density at radius 2 is 2.03 bits per heavy atom. The fraction of sp³-hybridized carbons (Fsp3) is 0.429. The SMILES string of the molecule is CNC(=O)C1(C)[C@H](C)[C@@H](n2cnc3c(NC)nc(C#Cc4ccc(F)s4)nc32)[C@H](O)[C@@H]1O. The zero-order valence-electron chi connectivity index (χ0n) is 17.9. The maximum atomic E-state index is 13.2. The molecule has 0 spiro atoms. The Balaban J connectivity index is 1.82. The molecule has 1 aliphatic rings. The van der Waals surface area contributed by atoms with Gasteiger partial charge in [0.25, 0.3) is 0 Å². The number of thiophene rings is 1. The second kappa shape index (κ2) is 8.12. The third-order valence-corrected chi connectivity index (χ3v) is 7.10. The van der Waals surface area contributed by atoms with Crippen LogP contribution < -0.4 is 10.6 Å². The van der Waals surface area contributed by atoms with Gasteiger partial charge in [0.1, 0.15) is 6.10 Å². The van der Waals surface area contributed by atoms with Crippen molar-refractivity contribution in [2.45, 2.75) is 32.1 Å². The number of nitrogens with one attached hydrogen (secondary N) is 2. The molecule has 5 atom stereocenters. The molecular weight excluding hydrogens is 435 g/mol. The molecule has 1 fully saturated rings. The lowest BCUT2D eigenvalue weighted by Crippen LogP contribution is -2.47. The van der Waals surface area contributed by atoms with Gasteiger partial charge in [0.15, 0.2) is 22.1 Å². The van der Waals surface area contributed by atoms with Crippen LogP contribution in [-0.4, -0.2) is 61.9 Å². The molecule has 1 unspecified atom stereocenters. The van der Waals surface area contributed by atoms with E-state index in [-0.39, 0.29) is 16.9 Å². The standard InChI is InChI=1S/C21H23FN6O3S/c1-10-15(16(29)17(30)21(10,2)20(31)24-4)28-9-25-14-18(23-3)26-13(27-19(14)28)8-6-11-5-7-12(22)32-11/h5,7,9-10,15-17,29-30H,1-4H3,(H,24,31)(H,23,26,27)/t10-,15-,16+,17+,21?/m1/s1. The summed E-state index contributed by atoms with van der Waals surface area (Å²) in [5, 5.41) is 26.9. The number of fused-ring (bicyclic) bond motifs is 1. The molecule has 0 radical (unpaired) electrons. The van der Waals surface area contributed by atoms with Crippen LogP contribution >= 0.6 is 11.3 Å². The minimum absolute atomic E-state index is 0.187. The van der Waals surface area contributed by atoms with Gasteiger partial charge in [-0.1, -0.05) is 18.3 Å². The highest BCUT2D eigenvalue weighted by molar-refractivity contribution is 7.10. The minimum atomic E-state index is -1.28. The summed E-state index contributed by atoms with van der Waals surface area (Å²) in [6.07, 6.45) is -0.988. The number of aromatic nitrogens is 4. The van der Waals surface area contributed by atoms with Gasteiger partial charge in [0.05, 0.1) is 28.8 Å². The summed E-state index contributed by atoms with van der Waals surface area (Å²) in [6, 6.07) is 2.25. The smallest absolute Gasteiger partial charge is 0.228 e. The van der Waals surface area contributed by atoms with Gasteiger partial charge in [-0.25, -0.2) is 15.0 Å². The molecule has 168 valence electrons. The first-order valence-corrected chi connectivity index (χ1v) is 10.8. The predicted molar refractivity (Wildman–Crippen MR) is 118 cm³/mol. The van der Waals surface area contributed by atoms with Crippen molar-refractivity contribution in [3.63, 3.8) is 0 Å². The van der Waals surface area contributed by atoms with Crippen LogP contribution in [0.2, 0.25) is 0 Å². The van der Waals surface area contributed by atoms with Gasteiger partial charge >= 0.3 is 0 Å². The summed E-state index contributed by atoms with van der Waals surface area (Å²) in [5.74, 6) is 5.50. The normalized spacial score (nSPS) is 27.2. The largest absolute Gasteiger partial charge is 0.389 e. The van der Waals surface area contributed by atoms with Crippen molar-refractivity contribution in [2.75, 3.05) is 19.4 Å². The number of carbonyl (C=O) groups is 1. The Morgan fingerprint density at radius 1 is 1.28 bits per heavy atom. The lowest BCUT2D eigenvalue weighted by Gasteiger charge is -2.31. The maximum absolute atomic E-state index is 13.2. The number of hydrogen-bond donors (Lipinski definition) is 4. The molecule has 3 aromatic rings. The molecule has 3 heterocycles. The highest BCUT2D eigenvalue weighted by Crippen LogP contribution is 2.50. The summed E-state index contributed by atoms with van der Waals surface area (Å²) in [6.45, 7) is 3.44. The summed E-state index contributed by atoms with van der Waals surface area (Å²) in [4.78, 5) is 26.4. The molecular formula is C21H23FN6O3S. The van der Waals surface area contributed by atoms with E-state index in [2.05, 4.69) is 37.4 Å². The minimum Gasteiger partial charge on any atom is -0.389 e. The van der Waals surface area contributed by atoms with Crippen molar-refractivity contribution < 1.29 is 19.4 Å². The van der Waals surface area contributed by atoms with E-state index in [1.54, 1.807) is 31.5 Å². The Bertz CT molecular complexity index is 1250. The maximum Gasteiger partial charge on any atom is 0.228 e. The third kappa shape index (κ3) is 3.31. The molecule has 4 rings (SSSR count). The Kier molecular flexibility index (Phi) is 5.62.